The summed E-state index contributed by atoms with van der Waals surface area (Å²) in [5.74, 6) is -0.927. The van der Waals surface area contributed by atoms with E-state index in [1.165, 1.54) is 16.7 Å². The molecular formula is C40H53F3N6O6. The number of amides is 2. The predicted molar refractivity (Wildman–Crippen MR) is 200 cm³/mol. The van der Waals surface area contributed by atoms with Gasteiger partial charge in [0.2, 0.25) is 0 Å². The van der Waals surface area contributed by atoms with E-state index in [0.717, 1.165) is 12.0 Å². The summed E-state index contributed by atoms with van der Waals surface area (Å²) in [5.41, 5.74) is 5.07. The summed E-state index contributed by atoms with van der Waals surface area (Å²) in [6.45, 7) is 11.3. The van der Waals surface area contributed by atoms with E-state index in [0.29, 0.717) is 65.9 Å². The van der Waals surface area contributed by atoms with Crippen LogP contribution in [0.1, 0.15) is 89.6 Å². The van der Waals surface area contributed by atoms with Gasteiger partial charge in [0.05, 0.1) is 24.1 Å². The molecule has 2 N–H and O–H groups in total. The molecule has 2 fully saturated rings. The smallest absolute Gasteiger partial charge is 0.408 e. The summed E-state index contributed by atoms with van der Waals surface area (Å²) in [6, 6.07) is 7.36. The van der Waals surface area contributed by atoms with Crippen LogP contribution in [0.5, 0.6) is 0 Å². The fraction of sp³-hybridized carbons (Fsp3) is 0.600. The summed E-state index contributed by atoms with van der Waals surface area (Å²) in [7, 11) is 1.54. The molecule has 2 saturated heterocycles. The van der Waals surface area contributed by atoms with Gasteiger partial charge < -0.3 is 29.0 Å². The number of rotatable bonds is 5. The lowest BCUT2D eigenvalue weighted by Gasteiger charge is -2.36. The number of alkyl halides is 3. The number of alkyl carbamates (subject to hydrolysis) is 1. The molecule has 0 aliphatic carbocycles. The Morgan fingerprint density at radius 1 is 1.13 bits per heavy atom. The standard InChI is InChI=1S/C40H53F3N6O6/c1-24(53-7)33-27(10-8-15-44-33)34-29-19-39(5,6)23-54-36(51)30-11-9-16-49(46-30)35(50)31(45-37(52)55-38(2,3)4)21-47-17-14-26(20-47)25-12-13-32(28(29)18-25)48(34)22-40(41,42)43/h8,10,12-13,15,18,24,26,30-31,46H,9,11,14,16-17,19-23H2,1-7H3,(H,45,52)/t24-,26+,30-,31-/m0/s1. The molecule has 1 aromatic carbocycles. The number of fused-ring (bicyclic) bond motifs is 6. The van der Waals surface area contributed by atoms with Gasteiger partial charge in [-0.3, -0.25) is 19.6 Å². The Labute approximate surface area is 320 Å². The summed E-state index contributed by atoms with van der Waals surface area (Å²) in [6.07, 6.45) is -2.17. The number of hydrazine groups is 1. The number of ether oxygens (including phenoxy) is 3. The minimum Gasteiger partial charge on any atom is -0.464 e. The second kappa shape index (κ2) is 15.7. The van der Waals surface area contributed by atoms with Gasteiger partial charge in [-0.1, -0.05) is 19.9 Å². The largest absolute Gasteiger partial charge is 0.464 e. The SMILES string of the molecule is CO[C@@H](C)c1ncccc1-c1c2c3cc(ccc3n1CC(F)(F)F)[C@@H]1CCN(C1)C[C@H](NC(=O)OC(C)(C)C)C(=O)N1CCC[C@H](N1)C(=O)OCC(C)(C)C2. The second-order valence-corrected chi connectivity index (χ2v) is 16.8. The number of carbonyl (C=O) groups excluding carboxylic acids is 3. The average molecular weight is 771 g/mol. The molecule has 55 heavy (non-hydrogen) atoms. The number of cyclic esters (lactones) is 1. The quantitative estimate of drug-likeness (QED) is 0.289. The zero-order valence-corrected chi connectivity index (χ0v) is 32.7. The maximum Gasteiger partial charge on any atom is 0.408 e. The molecule has 15 heteroatoms. The van der Waals surface area contributed by atoms with Crippen LogP contribution in [0.2, 0.25) is 0 Å². The van der Waals surface area contributed by atoms with Gasteiger partial charge in [0.15, 0.2) is 0 Å². The summed E-state index contributed by atoms with van der Waals surface area (Å²) in [4.78, 5) is 47.3. The van der Waals surface area contributed by atoms with E-state index in [2.05, 4.69) is 20.6 Å². The van der Waals surface area contributed by atoms with Crippen molar-refractivity contribution in [2.45, 2.75) is 110 Å². The monoisotopic (exact) mass is 770 g/mol. The molecule has 300 valence electrons. The summed E-state index contributed by atoms with van der Waals surface area (Å²) < 4.78 is 61.9. The number of halogens is 3. The van der Waals surface area contributed by atoms with E-state index in [1.54, 1.807) is 45.2 Å². The Kier molecular flexibility index (Phi) is 11.6. The topological polar surface area (TPSA) is 127 Å². The number of carbonyl (C=O) groups is 3. The second-order valence-electron chi connectivity index (χ2n) is 16.8. The van der Waals surface area contributed by atoms with Crippen LogP contribution in [-0.4, -0.2) is 101 Å². The molecule has 5 heterocycles. The van der Waals surface area contributed by atoms with Crippen LogP contribution in [0.4, 0.5) is 18.0 Å². The lowest BCUT2D eigenvalue weighted by atomic mass is 9.84. The Morgan fingerprint density at radius 3 is 2.60 bits per heavy atom. The molecule has 1 unspecified atom stereocenters. The number of methoxy groups -OCH3 is 1. The van der Waals surface area contributed by atoms with Crippen LogP contribution in [0.3, 0.4) is 0 Å². The van der Waals surface area contributed by atoms with Crippen LogP contribution in [0.25, 0.3) is 22.2 Å². The fourth-order valence-corrected chi connectivity index (χ4v) is 7.94. The van der Waals surface area contributed by atoms with Crippen molar-refractivity contribution >= 4 is 28.9 Å². The molecular weight excluding hydrogens is 717 g/mol. The highest BCUT2D eigenvalue weighted by Crippen LogP contribution is 2.43. The number of hydrogen-bond donors (Lipinski definition) is 2. The molecule has 0 saturated carbocycles. The molecule has 2 amide bonds. The zero-order valence-electron chi connectivity index (χ0n) is 32.7. The van der Waals surface area contributed by atoms with Crippen molar-refractivity contribution in [3.05, 3.63) is 53.3 Å². The van der Waals surface area contributed by atoms with Gasteiger partial charge >= 0.3 is 18.2 Å². The number of hydrogen-bond acceptors (Lipinski definition) is 9. The molecule has 2 aromatic heterocycles. The number of benzene rings is 1. The van der Waals surface area contributed by atoms with Crippen LogP contribution in [-0.2, 0) is 36.8 Å². The van der Waals surface area contributed by atoms with E-state index in [-0.39, 0.29) is 25.5 Å². The first kappa shape index (κ1) is 40.5. The van der Waals surface area contributed by atoms with Gasteiger partial charge in [0, 0.05) is 54.8 Å². The van der Waals surface area contributed by atoms with Crippen LogP contribution >= 0.6 is 0 Å². The molecule has 12 nitrogen and oxygen atoms in total. The minimum absolute atomic E-state index is 0.0109. The molecule has 3 aliphatic rings. The highest BCUT2D eigenvalue weighted by Gasteiger charge is 2.39. The van der Waals surface area contributed by atoms with E-state index >= 15 is 0 Å². The van der Waals surface area contributed by atoms with Crippen molar-refractivity contribution in [3.8, 4) is 11.3 Å². The van der Waals surface area contributed by atoms with Crippen molar-refractivity contribution in [2.75, 3.05) is 39.9 Å². The summed E-state index contributed by atoms with van der Waals surface area (Å²) in [5, 5.41) is 4.84. The highest BCUT2D eigenvalue weighted by molar-refractivity contribution is 5.93. The summed E-state index contributed by atoms with van der Waals surface area (Å²) >= 11 is 0. The third-order valence-electron chi connectivity index (χ3n) is 10.5. The normalized spacial score (nSPS) is 24.3. The number of nitrogens with one attached hydrogen (secondary N) is 2. The van der Waals surface area contributed by atoms with E-state index < -0.39 is 59.9 Å². The van der Waals surface area contributed by atoms with Crippen molar-refractivity contribution in [1.29, 1.82) is 0 Å². The number of pyridine rings is 1. The van der Waals surface area contributed by atoms with Crippen LogP contribution in [0, 0.1) is 5.41 Å². The Bertz CT molecular complexity index is 1910. The maximum absolute atomic E-state index is 14.5. The van der Waals surface area contributed by atoms with Gasteiger partial charge in [0.1, 0.15) is 24.2 Å². The Balaban J connectivity index is 1.48. The molecule has 6 bridgehead atoms. The van der Waals surface area contributed by atoms with E-state index in [1.807, 2.05) is 32.9 Å². The zero-order chi connectivity index (χ0) is 39.9. The Hall–Kier alpha value is -4.21. The van der Waals surface area contributed by atoms with Crippen molar-refractivity contribution in [1.82, 2.24) is 30.2 Å². The first-order chi connectivity index (χ1) is 25.8. The van der Waals surface area contributed by atoms with Crippen molar-refractivity contribution < 1.29 is 41.8 Å². The van der Waals surface area contributed by atoms with Gasteiger partial charge in [-0.05, 0) is 101 Å². The fourth-order valence-electron chi connectivity index (χ4n) is 7.94. The highest BCUT2D eigenvalue weighted by atomic mass is 19.4. The minimum atomic E-state index is -4.53. The lowest BCUT2D eigenvalue weighted by molar-refractivity contribution is -0.155. The molecule has 0 radical (unpaired) electrons. The van der Waals surface area contributed by atoms with Crippen LogP contribution in [0.15, 0.2) is 36.5 Å². The van der Waals surface area contributed by atoms with Crippen LogP contribution < -0.4 is 10.7 Å². The third kappa shape index (κ3) is 9.43. The van der Waals surface area contributed by atoms with Crippen molar-refractivity contribution in [3.63, 3.8) is 0 Å². The Morgan fingerprint density at radius 2 is 1.89 bits per heavy atom. The van der Waals surface area contributed by atoms with Crippen molar-refractivity contribution in [2.24, 2.45) is 5.41 Å². The number of esters is 1. The lowest BCUT2D eigenvalue weighted by Crippen LogP contribution is -2.62. The molecule has 5 atom stereocenters. The van der Waals surface area contributed by atoms with Gasteiger partial charge in [0.25, 0.3) is 5.91 Å². The first-order valence-corrected chi connectivity index (χ1v) is 19.0. The molecule has 3 aliphatic heterocycles. The predicted octanol–water partition coefficient (Wildman–Crippen LogP) is 6.28. The van der Waals surface area contributed by atoms with Gasteiger partial charge in [-0.25, -0.2) is 10.2 Å². The first-order valence-electron chi connectivity index (χ1n) is 19.0. The number of nitrogens with zero attached hydrogens (tertiary/aromatic N) is 4. The third-order valence-corrected chi connectivity index (χ3v) is 10.5. The van der Waals surface area contributed by atoms with E-state index in [9.17, 15) is 27.6 Å². The molecule has 3 aromatic rings. The number of aromatic nitrogens is 2. The average Bonchev–Trinajstić information content (AvgIpc) is 3.69. The van der Waals surface area contributed by atoms with Gasteiger partial charge in [-0.15, -0.1) is 0 Å². The van der Waals surface area contributed by atoms with E-state index in [4.69, 9.17) is 14.2 Å². The van der Waals surface area contributed by atoms with Gasteiger partial charge in [-0.2, -0.15) is 13.2 Å². The maximum atomic E-state index is 14.5. The molecule has 6 rings (SSSR count). The molecule has 0 spiro atoms.